The van der Waals surface area contributed by atoms with Gasteiger partial charge < -0.3 is 33.2 Å². The van der Waals surface area contributed by atoms with E-state index in [0.29, 0.717) is 18.0 Å². The van der Waals surface area contributed by atoms with Crippen molar-refractivity contribution in [3.8, 4) is 0 Å². The molecule has 0 amide bonds. The molecule has 0 aliphatic heterocycles. The molecule has 0 aromatic carbocycles. The zero-order chi connectivity index (χ0) is 14.9. The summed E-state index contributed by atoms with van der Waals surface area (Å²) >= 11 is 0.914. The summed E-state index contributed by atoms with van der Waals surface area (Å²) in [5.74, 6) is 0. The Morgan fingerprint density at radius 2 is 1.76 bits per heavy atom. The van der Waals surface area contributed by atoms with Crippen molar-refractivity contribution in [1.29, 1.82) is 0 Å². The van der Waals surface area contributed by atoms with Crippen molar-refractivity contribution in [1.82, 2.24) is 4.98 Å². The Labute approximate surface area is 148 Å². The molecule has 0 aliphatic rings. The maximum Gasteiger partial charge on any atom is 2.00 e. The van der Waals surface area contributed by atoms with E-state index in [2.05, 4.69) is 44.2 Å². The first kappa shape index (κ1) is 23.8. The van der Waals surface area contributed by atoms with Gasteiger partial charge in [-0.15, -0.1) is 0 Å². The second kappa shape index (κ2) is 8.39. The summed E-state index contributed by atoms with van der Waals surface area (Å²) in [7, 11) is -1.84. The molecule has 21 heavy (non-hydrogen) atoms. The molecule has 0 aliphatic carbocycles. The number of alkyl halides is 3. The third kappa shape index (κ3) is 7.08. The fourth-order valence-electron chi connectivity index (χ4n) is 1.12. The average molecular weight is 411 g/mol. The number of hydrogen-bond acceptors (Lipinski definition) is 3. The van der Waals surface area contributed by atoms with Gasteiger partial charge in [0.25, 0.3) is 0 Å². The fraction of sp³-hybridized carbons (Fsp3) is 0.750. The summed E-state index contributed by atoms with van der Waals surface area (Å²) in [5, 5.41) is 2.70. The van der Waals surface area contributed by atoms with Crippen LogP contribution in [0.3, 0.4) is 0 Å². The molecule has 0 saturated carbocycles. The fourth-order valence-corrected chi connectivity index (χ4v) is 2.86. The van der Waals surface area contributed by atoms with E-state index in [1.54, 1.807) is 0 Å². The molecule has 0 spiro atoms. The molecule has 0 saturated heterocycles. The third-order valence-electron chi connectivity index (χ3n) is 3.36. The van der Waals surface area contributed by atoms with Crippen LogP contribution < -0.4 is 12.4 Å². The minimum Gasteiger partial charge on any atom is -1.00 e. The minimum atomic E-state index is -4.41. The smallest absolute Gasteiger partial charge is 1.00 e. The van der Waals surface area contributed by atoms with E-state index >= 15 is 0 Å². The van der Waals surface area contributed by atoms with Gasteiger partial charge in [0.05, 0.1) is 0 Å². The van der Waals surface area contributed by atoms with Gasteiger partial charge in [0, 0.05) is 12.3 Å². The summed E-state index contributed by atoms with van der Waals surface area (Å²) in [6.45, 7) is 11.0. The van der Waals surface area contributed by atoms with Crippen LogP contribution in [0.15, 0.2) is 0 Å². The van der Waals surface area contributed by atoms with Gasteiger partial charge >= 0.3 is 25.7 Å². The van der Waals surface area contributed by atoms with Crippen molar-refractivity contribution >= 4 is 19.7 Å². The molecule has 0 fully saturated rings. The number of thiazole rings is 1. The van der Waals surface area contributed by atoms with Crippen LogP contribution in [0, 0.1) is 5.38 Å². The number of nitrogens with zero attached hydrogens (tertiary/aromatic N) is 1. The van der Waals surface area contributed by atoms with Gasteiger partial charge in [-0.25, -0.2) is 0 Å². The molecule has 1 aromatic heterocycles. The van der Waals surface area contributed by atoms with Crippen molar-refractivity contribution in [2.45, 2.75) is 51.5 Å². The molecular formula is C12H19ClF3NOSSiZn. The van der Waals surface area contributed by atoms with Gasteiger partial charge in [-0.1, -0.05) is 25.8 Å². The van der Waals surface area contributed by atoms with Crippen molar-refractivity contribution in [3.63, 3.8) is 0 Å². The number of aromatic nitrogens is 1. The second-order valence-corrected chi connectivity index (χ2v) is 11.6. The van der Waals surface area contributed by atoms with Crippen LogP contribution in [0.1, 0.15) is 31.5 Å². The van der Waals surface area contributed by atoms with E-state index in [1.807, 2.05) is 0 Å². The largest absolute Gasteiger partial charge is 2.00 e. The molecule has 0 unspecified atom stereocenters. The maximum atomic E-state index is 12.4. The quantitative estimate of drug-likeness (QED) is 0.554. The van der Waals surface area contributed by atoms with Crippen molar-refractivity contribution in [3.05, 3.63) is 16.1 Å². The summed E-state index contributed by atoms with van der Waals surface area (Å²) in [4.78, 5) is 3.54. The van der Waals surface area contributed by atoms with Crippen LogP contribution in [0.25, 0.3) is 0 Å². The first-order chi connectivity index (χ1) is 8.43. The molecule has 1 rings (SSSR count). The Morgan fingerprint density at radius 1 is 1.24 bits per heavy atom. The van der Waals surface area contributed by atoms with E-state index in [4.69, 9.17) is 4.43 Å². The summed E-state index contributed by atoms with van der Waals surface area (Å²) in [6, 6.07) is 0. The molecule has 9 heteroatoms. The van der Waals surface area contributed by atoms with Gasteiger partial charge in [-0.05, 0) is 24.6 Å². The molecule has 118 valence electrons. The maximum absolute atomic E-state index is 12.4. The predicted molar refractivity (Wildman–Crippen MR) is 72.8 cm³/mol. The Hall–Kier alpha value is 0.510. The van der Waals surface area contributed by atoms with E-state index in [-0.39, 0.29) is 36.9 Å². The summed E-state index contributed by atoms with van der Waals surface area (Å²) in [6.07, 6.45) is -4.00. The van der Waals surface area contributed by atoms with E-state index < -0.39 is 20.2 Å². The molecule has 0 atom stereocenters. The molecule has 0 N–H and O–H groups in total. The Morgan fingerprint density at radius 3 is 2.14 bits per heavy atom. The minimum absolute atomic E-state index is 0. The predicted octanol–water partition coefficient (Wildman–Crippen LogP) is 1.53. The first-order valence-electron chi connectivity index (χ1n) is 6.02. The Balaban J connectivity index is 0. The van der Waals surface area contributed by atoms with E-state index in [9.17, 15) is 13.2 Å². The average Bonchev–Trinajstić information content (AvgIpc) is 2.63. The summed E-state index contributed by atoms with van der Waals surface area (Å²) < 4.78 is 43.0. The monoisotopic (exact) mass is 409 g/mol. The van der Waals surface area contributed by atoms with E-state index in [0.717, 1.165) is 11.3 Å². The van der Waals surface area contributed by atoms with Crippen LogP contribution in [0.4, 0.5) is 13.2 Å². The SMILES string of the molecule is CC(C)(C)[Si](C)(C)OCCc1nc(C(F)(F)F)[c-]s1.[Cl-].[Zn+2]. The Bertz CT molecular complexity index is 435. The van der Waals surface area contributed by atoms with Gasteiger partial charge in [0.1, 0.15) is 0 Å². The zero-order valence-corrected chi connectivity index (χ0v) is 18.4. The van der Waals surface area contributed by atoms with Gasteiger partial charge in [-0.2, -0.15) is 18.6 Å². The van der Waals surface area contributed by atoms with Gasteiger partial charge in [-0.3, -0.25) is 0 Å². The number of hydrogen-bond donors (Lipinski definition) is 0. The summed E-state index contributed by atoms with van der Waals surface area (Å²) in [5.41, 5.74) is -0.931. The number of rotatable bonds is 4. The van der Waals surface area contributed by atoms with Crippen molar-refractivity contribution in [2.24, 2.45) is 0 Å². The Kier molecular flexibility index (Phi) is 9.49. The number of halogens is 4. The topological polar surface area (TPSA) is 22.1 Å². The second-order valence-electron chi connectivity index (χ2n) is 5.91. The van der Waals surface area contributed by atoms with Crippen molar-refractivity contribution in [2.75, 3.05) is 6.61 Å². The standard InChI is InChI=1S/C12H19F3NOSSi.ClH.Zn/c1-11(2,3)19(4,5)17-7-6-10-16-9(8-18-10)12(13,14)15;;/h6-7H2,1-5H3;1H;/q-1;;+2/p-1. The third-order valence-corrected chi connectivity index (χ3v) is 8.72. The van der Waals surface area contributed by atoms with Crippen LogP contribution in [0.2, 0.25) is 18.1 Å². The van der Waals surface area contributed by atoms with Gasteiger partial charge in [0.2, 0.25) is 0 Å². The van der Waals surface area contributed by atoms with Crippen LogP contribution in [-0.4, -0.2) is 19.9 Å². The van der Waals surface area contributed by atoms with Gasteiger partial charge in [0.15, 0.2) is 8.32 Å². The van der Waals surface area contributed by atoms with Crippen molar-refractivity contribution < 1.29 is 49.5 Å². The molecule has 1 aromatic rings. The molecule has 1 heterocycles. The normalized spacial score (nSPS) is 12.6. The molecule has 2 nitrogen and oxygen atoms in total. The van der Waals surface area contributed by atoms with E-state index in [1.165, 1.54) is 0 Å². The molecule has 0 radical (unpaired) electrons. The molecule has 0 bridgehead atoms. The van der Waals surface area contributed by atoms with Crippen LogP contribution in [-0.2, 0) is 36.5 Å². The van der Waals surface area contributed by atoms with Crippen LogP contribution >= 0.6 is 11.3 Å². The first-order valence-corrected chi connectivity index (χ1v) is 9.74. The zero-order valence-electron chi connectivity index (χ0n) is 12.9. The van der Waals surface area contributed by atoms with Crippen LogP contribution in [0.5, 0.6) is 0 Å². The molecular weight excluding hydrogens is 392 g/mol.